The van der Waals surface area contributed by atoms with Gasteiger partial charge in [0.05, 0.1) is 31.4 Å². The normalized spacial score (nSPS) is 15.0. The van der Waals surface area contributed by atoms with Crippen molar-refractivity contribution in [2.75, 3.05) is 39.5 Å². The molecule has 0 unspecified atom stereocenters. The summed E-state index contributed by atoms with van der Waals surface area (Å²) in [5.74, 6) is 0.00691. The Bertz CT molecular complexity index is 772. The van der Waals surface area contributed by atoms with Crippen LogP contribution in [0, 0.1) is 0 Å². The number of thiazole rings is 1. The largest absolute Gasteiger partial charge is 0.379 e. The SMILES string of the molecule is CC(C)OCCCNC(=O)Cc1csc(-c2cccc(CN3CCOCC3)c2)n1. The first-order valence-electron chi connectivity index (χ1n) is 10.3. The van der Waals surface area contributed by atoms with E-state index in [2.05, 4.69) is 39.5 Å². The van der Waals surface area contributed by atoms with Gasteiger partial charge >= 0.3 is 0 Å². The lowest BCUT2D eigenvalue weighted by atomic mass is 10.1. The molecule has 0 spiro atoms. The molecule has 0 radical (unpaired) electrons. The monoisotopic (exact) mass is 417 g/mol. The van der Waals surface area contributed by atoms with Crippen LogP contribution < -0.4 is 5.32 Å². The number of carbonyl (C=O) groups excluding carboxylic acids is 1. The third-order valence-electron chi connectivity index (χ3n) is 4.67. The number of benzene rings is 1. The predicted octanol–water partition coefficient (Wildman–Crippen LogP) is 3.12. The highest BCUT2D eigenvalue weighted by Crippen LogP contribution is 2.25. The van der Waals surface area contributed by atoms with Crippen LogP contribution in [0.2, 0.25) is 0 Å². The van der Waals surface area contributed by atoms with E-state index < -0.39 is 0 Å². The van der Waals surface area contributed by atoms with Crippen LogP contribution >= 0.6 is 11.3 Å². The fourth-order valence-electron chi connectivity index (χ4n) is 3.19. The first-order chi connectivity index (χ1) is 14.1. The number of nitrogens with one attached hydrogen (secondary N) is 1. The van der Waals surface area contributed by atoms with Gasteiger partial charge in [-0.3, -0.25) is 9.69 Å². The summed E-state index contributed by atoms with van der Waals surface area (Å²) in [5.41, 5.74) is 3.21. The molecule has 1 aromatic heterocycles. The van der Waals surface area contributed by atoms with Crippen LogP contribution in [0.25, 0.3) is 10.6 Å². The minimum Gasteiger partial charge on any atom is -0.379 e. The van der Waals surface area contributed by atoms with Crippen molar-refractivity contribution in [3.63, 3.8) is 0 Å². The second-order valence-electron chi connectivity index (χ2n) is 7.53. The zero-order valence-corrected chi connectivity index (χ0v) is 18.2. The summed E-state index contributed by atoms with van der Waals surface area (Å²) in [4.78, 5) is 19.2. The molecular formula is C22H31N3O3S. The van der Waals surface area contributed by atoms with Gasteiger partial charge in [0.2, 0.25) is 5.91 Å². The zero-order valence-electron chi connectivity index (χ0n) is 17.4. The molecule has 158 valence electrons. The Hall–Kier alpha value is -1.80. The number of carbonyl (C=O) groups is 1. The maximum absolute atomic E-state index is 12.1. The van der Waals surface area contributed by atoms with Gasteiger partial charge in [0, 0.05) is 43.7 Å². The minimum absolute atomic E-state index is 0.00691. The van der Waals surface area contributed by atoms with Gasteiger partial charge in [0.15, 0.2) is 0 Å². The van der Waals surface area contributed by atoms with Crippen molar-refractivity contribution >= 4 is 17.2 Å². The van der Waals surface area contributed by atoms with Crippen LogP contribution in [0.15, 0.2) is 29.6 Å². The van der Waals surface area contributed by atoms with Gasteiger partial charge in [-0.15, -0.1) is 11.3 Å². The standard InChI is InChI=1S/C22H31N3O3S/c1-17(2)28-10-4-7-23-21(26)14-20-16-29-22(24-20)19-6-3-5-18(13-19)15-25-8-11-27-12-9-25/h3,5-6,13,16-17H,4,7-12,14-15H2,1-2H3,(H,23,26). The molecule has 1 fully saturated rings. The summed E-state index contributed by atoms with van der Waals surface area (Å²) in [7, 11) is 0. The van der Waals surface area contributed by atoms with E-state index in [1.165, 1.54) is 5.56 Å². The molecule has 1 amide bonds. The van der Waals surface area contributed by atoms with E-state index in [0.29, 0.717) is 19.6 Å². The quantitative estimate of drug-likeness (QED) is 0.602. The molecule has 2 heterocycles. The molecule has 1 aromatic carbocycles. The Morgan fingerprint density at radius 3 is 2.97 bits per heavy atom. The molecule has 3 rings (SSSR count). The summed E-state index contributed by atoms with van der Waals surface area (Å²) in [6, 6.07) is 8.52. The number of aromatic nitrogens is 1. The first kappa shape index (κ1) is 21.9. The van der Waals surface area contributed by atoms with Gasteiger partial charge in [-0.1, -0.05) is 18.2 Å². The van der Waals surface area contributed by atoms with Gasteiger partial charge in [0.25, 0.3) is 0 Å². The highest BCUT2D eigenvalue weighted by molar-refractivity contribution is 7.13. The summed E-state index contributed by atoms with van der Waals surface area (Å²) in [6.45, 7) is 9.82. The van der Waals surface area contributed by atoms with Crippen LogP contribution in [0.5, 0.6) is 0 Å². The van der Waals surface area contributed by atoms with Crippen LogP contribution in [-0.2, 0) is 27.2 Å². The molecule has 1 saturated heterocycles. The fourth-order valence-corrected chi connectivity index (χ4v) is 4.00. The van der Waals surface area contributed by atoms with Crippen LogP contribution in [-0.4, -0.2) is 61.3 Å². The highest BCUT2D eigenvalue weighted by atomic mass is 32.1. The summed E-state index contributed by atoms with van der Waals surface area (Å²) < 4.78 is 10.9. The number of hydrogen-bond acceptors (Lipinski definition) is 6. The number of rotatable bonds is 10. The van der Waals surface area contributed by atoms with Gasteiger partial charge in [-0.25, -0.2) is 4.98 Å². The van der Waals surface area contributed by atoms with Crippen LogP contribution in [0.3, 0.4) is 0 Å². The number of nitrogens with zero attached hydrogens (tertiary/aromatic N) is 2. The fraction of sp³-hybridized carbons (Fsp3) is 0.545. The van der Waals surface area contributed by atoms with Crippen LogP contribution in [0.1, 0.15) is 31.5 Å². The molecule has 0 saturated carbocycles. The average Bonchev–Trinajstić information content (AvgIpc) is 3.17. The van der Waals surface area contributed by atoms with Crippen molar-refractivity contribution in [1.82, 2.24) is 15.2 Å². The Kier molecular flexibility index (Phi) is 8.61. The molecular weight excluding hydrogens is 386 g/mol. The number of ether oxygens (including phenoxy) is 2. The third-order valence-corrected chi connectivity index (χ3v) is 5.61. The lowest BCUT2D eigenvalue weighted by molar-refractivity contribution is -0.120. The Labute approximate surface area is 177 Å². The topological polar surface area (TPSA) is 63.7 Å². The van der Waals surface area contributed by atoms with E-state index >= 15 is 0 Å². The lowest BCUT2D eigenvalue weighted by Crippen LogP contribution is -2.35. The lowest BCUT2D eigenvalue weighted by Gasteiger charge is -2.26. The summed E-state index contributed by atoms with van der Waals surface area (Å²) >= 11 is 1.59. The second-order valence-corrected chi connectivity index (χ2v) is 8.39. The average molecular weight is 418 g/mol. The summed E-state index contributed by atoms with van der Waals surface area (Å²) in [5, 5.41) is 5.88. The molecule has 6 nitrogen and oxygen atoms in total. The smallest absolute Gasteiger partial charge is 0.226 e. The molecule has 1 aliphatic rings. The molecule has 0 aliphatic carbocycles. The molecule has 0 bridgehead atoms. The maximum atomic E-state index is 12.1. The molecule has 29 heavy (non-hydrogen) atoms. The van der Waals surface area contributed by atoms with Crippen LogP contribution in [0.4, 0.5) is 0 Å². The van der Waals surface area contributed by atoms with E-state index in [4.69, 9.17) is 9.47 Å². The number of hydrogen-bond donors (Lipinski definition) is 1. The molecule has 2 aromatic rings. The van der Waals surface area contributed by atoms with Crippen molar-refractivity contribution < 1.29 is 14.3 Å². The van der Waals surface area contributed by atoms with E-state index in [1.54, 1.807) is 11.3 Å². The maximum Gasteiger partial charge on any atom is 0.226 e. The van der Waals surface area contributed by atoms with Gasteiger partial charge in [-0.05, 0) is 31.9 Å². The van der Waals surface area contributed by atoms with E-state index in [0.717, 1.165) is 55.5 Å². The zero-order chi connectivity index (χ0) is 20.5. The van der Waals surface area contributed by atoms with Gasteiger partial charge in [-0.2, -0.15) is 0 Å². The molecule has 1 aliphatic heterocycles. The van der Waals surface area contributed by atoms with Crippen molar-refractivity contribution in [2.24, 2.45) is 0 Å². The van der Waals surface area contributed by atoms with Crippen molar-refractivity contribution in [3.05, 3.63) is 40.9 Å². The van der Waals surface area contributed by atoms with Crippen molar-refractivity contribution in [3.8, 4) is 10.6 Å². The minimum atomic E-state index is 0.00691. The first-order valence-corrected chi connectivity index (χ1v) is 11.2. The van der Waals surface area contributed by atoms with E-state index in [1.807, 2.05) is 19.2 Å². The number of morpholine rings is 1. The molecule has 7 heteroatoms. The number of amides is 1. The third kappa shape index (κ3) is 7.51. The van der Waals surface area contributed by atoms with Gasteiger partial charge in [0.1, 0.15) is 5.01 Å². The Balaban J connectivity index is 1.49. The van der Waals surface area contributed by atoms with E-state index in [9.17, 15) is 4.79 Å². The van der Waals surface area contributed by atoms with Gasteiger partial charge < -0.3 is 14.8 Å². The van der Waals surface area contributed by atoms with Crippen molar-refractivity contribution in [2.45, 2.75) is 39.3 Å². The molecule has 1 N–H and O–H groups in total. The second kappa shape index (κ2) is 11.4. The molecule has 0 atom stereocenters. The highest BCUT2D eigenvalue weighted by Gasteiger charge is 2.12. The summed E-state index contributed by atoms with van der Waals surface area (Å²) in [6.07, 6.45) is 1.36. The predicted molar refractivity (Wildman–Crippen MR) is 116 cm³/mol. The van der Waals surface area contributed by atoms with E-state index in [-0.39, 0.29) is 12.0 Å². The Morgan fingerprint density at radius 2 is 2.17 bits per heavy atom. The van der Waals surface area contributed by atoms with Crippen molar-refractivity contribution in [1.29, 1.82) is 0 Å². The Morgan fingerprint density at radius 1 is 1.34 bits per heavy atom.